The van der Waals surface area contributed by atoms with E-state index in [1.54, 1.807) is 0 Å². The average molecular weight is 229 g/mol. The Labute approximate surface area is 102 Å². The Morgan fingerprint density at radius 1 is 0.688 bits per heavy atom. The molecule has 0 spiro atoms. The van der Waals surface area contributed by atoms with E-state index in [9.17, 15) is 0 Å². The van der Waals surface area contributed by atoms with Crippen LogP contribution in [0.15, 0.2) is 0 Å². The van der Waals surface area contributed by atoms with E-state index >= 15 is 0 Å². The van der Waals surface area contributed by atoms with E-state index in [0.29, 0.717) is 0 Å². The van der Waals surface area contributed by atoms with Crippen LogP contribution in [0.4, 0.5) is 0 Å². The van der Waals surface area contributed by atoms with E-state index in [1.165, 1.54) is 51.6 Å². The molecule has 3 nitrogen and oxygen atoms in total. The highest BCUT2D eigenvalue weighted by molar-refractivity contribution is 4.54. The number of rotatable bonds is 12. The maximum absolute atomic E-state index is 3.19. The monoisotopic (exact) mass is 229 g/mol. The topological polar surface area (TPSA) is 27.3 Å². The Hall–Kier alpha value is -0.120. The Kier molecular flexibility index (Phi) is 12.9. The van der Waals surface area contributed by atoms with Crippen molar-refractivity contribution in [2.75, 3.05) is 47.3 Å². The third kappa shape index (κ3) is 12.0. The molecule has 0 aliphatic rings. The normalized spacial score (nSPS) is 11.2. The highest BCUT2D eigenvalue weighted by atomic mass is 15.1. The van der Waals surface area contributed by atoms with Gasteiger partial charge >= 0.3 is 0 Å². The minimum atomic E-state index is 1.16. The highest BCUT2D eigenvalue weighted by Crippen LogP contribution is 2.00. The van der Waals surface area contributed by atoms with Gasteiger partial charge in [0.15, 0.2) is 0 Å². The maximum atomic E-state index is 3.19. The summed E-state index contributed by atoms with van der Waals surface area (Å²) in [5, 5.41) is 6.38. The van der Waals surface area contributed by atoms with E-state index in [-0.39, 0.29) is 0 Å². The van der Waals surface area contributed by atoms with Crippen LogP contribution in [0.2, 0.25) is 0 Å². The van der Waals surface area contributed by atoms with Crippen molar-refractivity contribution >= 4 is 0 Å². The SMILES string of the molecule is CNCCCCCN(C)CCCCCNC. The second-order valence-corrected chi connectivity index (χ2v) is 4.63. The first kappa shape index (κ1) is 15.9. The van der Waals surface area contributed by atoms with Crippen molar-refractivity contribution in [2.45, 2.75) is 38.5 Å². The van der Waals surface area contributed by atoms with E-state index in [0.717, 1.165) is 13.1 Å². The zero-order valence-corrected chi connectivity index (χ0v) is 11.5. The van der Waals surface area contributed by atoms with Crippen LogP contribution in [0.3, 0.4) is 0 Å². The van der Waals surface area contributed by atoms with Crippen LogP contribution in [0.1, 0.15) is 38.5 Å². The lowest BCUT2D eigenvalue weighted by Gasteiger charge is -2.16. The molecule has 0 saturated carbocycles. The highest BCUT2D eigenvalue weighted by Gasteiger charge is 1.97. The average Bonchev–Trinajstić information content (AvgIpc) is 2.28. The van der Waals surface area contributed by atoms with Crippen molar-refractivity contribution in [3.8, 4) is 0 Å². The molecule has 0 amide bonds. The molecule has 0 radical (unpaired) electrons. The Morgan fingerprint density at radius 3 is 1.50 bits per heavy atom. The summed E-state index contributed by atoms with van der Waals surface area (Å²) in [7, 11) is 6.30. The lowest BCUT2D eigenvalue weighted by atomic mass is 10.2. The largest absolute Gasteiger partial charge is 0.320 e. The summed E-state index contributed by atoms with van der Waals surface area (Å²) in [6, 6.07) is 0. The van der Waals surface area contributed by atoms with Crippen LogP contribution >= 0.6 is 0 Å². The molecule has 0 aliphatic heterocycles. The second-order valence-electron chi connectivity index (χ2n) is 4.63. The van der Waals surface area contributed by atoms with Gasteiger partial charge < -0.3 is 15.5 Å². The van der Waals surface area contributed by atoms with Gasteiger partial charge in [-0.15, -0.1) is 0 Å². The molecule has 16 heavy (non-hydrogen) atoms. The molecule has 0 aromatic heterocycles. The minimum Gasteiger partial charge on any atom is -0.320 e. The Bertz CT molecular complexity index is 114. The van der Waals surface area contributed by atoms with Gasteiger partial charge in [-0.2, -0.15) is 0 Å². The minimum absolute atomic E-state index is 1.16. The second kappa shape index (κ2) is 12.9. The van der Waals surface area contributed by atoms with E-state index in [1.807, 2.05) is 14.1 Å². The third-order valence-corrected chi connectivity index (χ3v) is 2.93. The molecule has 0 saturated heterocycles. The zero-order chi connectivity index (χ0) is 12.1. The number of nitrogens with one attached hydrogen (secondary N) is 2. The lowest BCUT2D eigenvalue weighted by Crippen LogP contribution is -2.21. The molecule has 2 N–H and O–H groups in total. The van der Waals surface area contributed by atoms with Crippen molar-refractivity contribution in [3.63, 3.8) is 0 Å². The van der Waals surface area contributed by atoms with Gasteiger partial charge in [-0.05, 0) is 73.0 Å². The zero-order valence-electron chi connectivity index (χ0n) is 11.5. The molecule has 0 rings (SSSR count). The number of hydrogen-bond acceptors (Lipinski definition) is 3. The summed E-state index contributed by atoms with van der Waals surface area (Å²) in [6.07, 6.45) is 8.01. The van der Waals surface area contributed by atoms with Crippen LogP contribution in [-0.4, -0.2) is 52.2 Å². The Morgan fingerprint density at radius 2 is 1.12 bits per heavy atom. The van der Waals surface area contributed by atoms with Gasteiger partial charge in [0, 0.05) is 0 Å². The number of nitrogens with zero attached hydrogens (tertiary/aromatic N) is 1. The van der Waals surface area contributed by atoms with Gasteiger partial charge in [0.05, 0.1) is 0 Å². The first-order valence-corrected chi connectivity index (χ1v) is 6.79. The van der Waals surface area contributed by atoms with Gasteiger partial charge in [-0.1, -0.05) is 12.8 Å². The molecule has 0 unspecified atom stereocenters. The van der Waals surface area contributed by atoms with Gasteiger partial charge in [0.25, 0.3) is 0 Å². The van der Waals surface area contributed by atoms with E-state index < -0.39 is 0 Å². The molecule has 3 heteroatoms. The van der Waals surface area contributed by atoms with Crippen molar-refractivity contribution < 1.29 is 0 Å². The fourth-order valence-corrected chi connectivity index (χ4v) is 1.83. The van der Waals surface area contributed by atoms with Gasteiger partial charge in [-0.25, -0.2) is 0 Å². The summed E-state index contributed by atoms with van der Waals surface area (Å²) in [4.78, 5) is 2.47. The van der Waals surface area contributed by atoms with Crippen LogP contribution < -0.4 is 10.6 Å². The Balaban J connectivity index is 3.09. The smallest absolute Gasteiger partial charge is 0.00218 e. The number of hydrogen-bond donors (Lipinski definition) is 2. The molecule has 0 atom stereocenters. The molecule has 0 aliphatic carbocycles. The molecule has 0 bridgehead atoms. The van der Waals surface area contributed by atoms with Crippen LogP contribution in [0.5, 0.6) is 0 Å². The van der Waals surface area contributed by atoms with Gasteiger partial charge in [0.2, 0.25) is 0 Å². The summed E-state index contributed by atoms with van der Waals surface area (Å²) in [5.41, 5.74) is 0. The summed E-state index contributed by atoms with van der Waals surface area (Å²) >= 11 is 0. The van der Waals surface area contributed by atoms with Crippen LogP contribution in [0.25, 0.3) is 0 Å². The van der Waals surface area contributed by atoms with Crippen molar-refractivity contribution in [2.24, 2.45) is 0 Å². The lowest BCUT2D eigenvalue weighted by molar-refractivity contribution is 0.315. The predicted molar refractivity (Wildman–Crippen MR) is 73.1 cm³/mol. The summed E-state index contributed by atoms with van der Waals surface area (Å²) in [6.45, 7) is 4.84. The van der Waals surface area contributed by atoms with Gasteiger partial charge in [-0.3, -0.25) is 0 Å². The third-order valence-electron chi connectivity index (χ3n) is 2.93. The number of unbranched alkanes of at least 4 members (excludes halogenated alkanes) is 4. The van der Waals surface area contributed by atoms with Crippen LogP contribution in [-0.2, 0) is 0 Å². The van der Waals surface area contributed by atoms with Gasteiger partial charge in [0.1, 0.15) is 0 Å². The summed E-state index contributed by atoms with van der Waals surface area (Å²) in [5.74, 6) is 0. The quantitative estimate of drug-likeness (QED) is 0.499. The molecule has 98 valence electrons. The fourth-order valence-electron chi connectivity index (χ4n) is 1.83. The van der Waals surface area contributed by atoms with Crippen molar-refractivity contribution in [1.29, 1.82) is 0 Å². The molecular formula is C13H31N3. The van der Waals surface area contributed by atoms with Crippen molar-refractivity contribution in [3.05, 3.63) is 0 Å². The fraction of sp³-hybridized carbons (Fsp3) is 1.00. The standard InChI is InChI=1S/C13H31N3/c1-14-10-6-4-8-12-16(3)13-9-5-7-11-15-2/h14-15H,4-13H2,1-3H3. The first-order chi connectivity index (χ1) is 7.81. The van der Waals surface area contributed by atoms with E-state index in [2.05, 4.69) is 22.6 Å². The maximum Gasteiger partial charge on any atom is -0.00218 e. The molecule has 0 aromatic rings. The predicted octanol–water partition coefficient (Wildman–Crippen LogP) is 1.70. The molecular weight excluding hydrogens is 198 g/mol. The van der Waals surface area contributed by atoms with Crippen molar-refractivity contribution in [1.82, 2.24) is 15.5 Å². The molecule has 0 fully saturated rings. The van der Waals surface area contributed by atoms with E-state index in [4.69, 9.17) is 0 Å². The first-order valence-electron chi connectivity index (χ1n) is 6.79. The summed E-state index contributed by atoms with van der Waals surface area (Å²) < 4.78 is 0. The molecule has 0 aromatic carbocycles. The molecule has 0 heterocycles. The van der Waals surface area contributed by atoms with Crippen LogP contribution in [0, 0.1) is 0 Å².